The summed E-state index contributed by atoms with van der Waals surface area (Å²) in [6, 6.07) is -2.96. The number of hydrogen-bond acceptors (Lipinski definition) is 6. The van der Waals surface area contributed by atoms with Gasteiger partial charge in [-0.1, -0.05) is 0 Å². The molecule has 0 rings (SSSR count). The third-order valence-corrected chi connectivity index (χ3v) is 2.89. The zero-order chi connectivity index (χ0) is 18.9. The van der Waals surface area contributed by atoms with Crippen molar-refractivity contribution in [2.75, 3.05) is 6.54 Å². The minimum absolute atomic E-state index is 0.111. The van der Waals surface area contributed by atoms with Crippen molar-refractivity contribution in [2.45, 2.75) is 44.8 Å². The van der Waals surface area contributed by atoms with Crippen LogP contribution in [0, 0.1) is 0 Å². The molecule has 0 aliphatic carbocycles. The van der Waals surface area contributed by atoms with Gasteiger partial charge in [0, 0.05) is 6.42 Å². The molecule has 8 N–H and O–H groups in total. The number of aliphatic carboxylic acids is 1. The van der Waals surface area contributed by atoms with Gasteiger partial charge < -0.3 is 32.5 Å². The van der Waals surface area contributed by atoms with Crippen LogP contribution in [0.1, 0.15) is 26.7 Å². The Morgan fingerprint density at radius 3 is 2.04 bits per heavy atom. The number of amides is 4. The Morgan fingerprint density at radius 1 is 1.00 bits per heavy atom. The summed E-state index contributed by atoms with van der Waals surface area (Å²) >= 11 is 0. The van der Waals surface area contributed by atoms with Crippen molar-refractivity contribution in [1.29, 1.82) is 0 Å². The highest BCUT2D eigenvalue weighted by Crippen LogP contribution is 1.99. The molecule has 0 aromatic heterocycles. The van der Waals surface area contributed by atoms with Gasteiger partial charge >= 0.3 is 5.97 Å². The number of carbonyl (C=O) groups is 5. The molecule has 3 unspecified atom stereocenters. The van der Waals surface area contributed by atoms with Gasteiger partial charge in [-0.05, 0) is 20.3 Å². The lowest BCUT2D eigenvalue weighted by Gasteiger charge is -2.21. The van der Waals surface area contributed by atoms with E-state index in [1.807, 2.05) is 0 Å². The van der Waals surface area contributed by atoms with E-state index in [0.717, 1.165) is 0 Å². The molecular weight excluding hydrogens is 322 g/mol. The third kappa shape index (κ3) is 8.68. The van der Waals surface area contributed by atoms with Gasteiger partial charge in [0.1, 0.15) is 18.6 Å². The zero-order valence-electron chi connectivity index (χ0n) is 13.5. The number of carboxylic acids is 1. The molecule has 0 saturated heterocycles. The molecule has 11 heteroatoms. The summed E-state index contributed by atoms with van der Waals surface area (Å²) in [5.74, 6) is -3.97. The SMILES string of the molecule is CC(N)C(=O)NC(C)C(=O)NC(CCC(N)=O)C(=O)NCC(=O)O. The molecule has 0 aromatic carbocycles. The third-order valence-electron chi connectivity index (χ3n) is 2.89. The van der Waals surface area contributed by atoms with Crippen LogP contribution in [0.15, 0.2) is 0 Å². The number of carbonyl (C=O) groups excluding carboxylic acids is 4. The highest BCUT2D eigenvalue weighted by atomic mass is 16.4. The maximum atomic E-state index is 12.0. The summed E-state index contributed by atoms with van der Waals surface area (Å²) in [6.45, 7) is 2.18. The molecule has 0 aliphatic heterocycles. The topological polar surface area (TPSA) is 194 Å². The fourth-order valence-corrected chi connectivity index (χ4v) is 1.55. The summed E-state index contributed by atoms with van der Waals surface area (Å²) in [6.07, 6.45) is -0.299. The number of carboxylic acid groups (broad SMARTS) is 1. The molecule has 4 amide bonds. The van der Waals surface area contributed by atoms with Gasteiger partial charge in [-0.2, -0.15) is 0 Å². The molecule has 24 heavy (non-hydrogen) atoms. The summed E-state index contributed by atoms with van der Waals surface area (Å²) in [5, 5.41) is 15.3. The number of primary amides is 1. The van der Waals surface area contributed by atoms with Gasteiger partial charge in [-0.15, -0.1) is 0 Å². The Balaban J connectivity index is 4.80. The average molecular weight is 345 g/mol. The lowest BCUT2D eigenvalue weighted by molar-refractivity contribution is -0.138. The second-order valence-corrected chi connectivity index (χ2v) is 5.20. The van der Waals surface area contributed by atoms with Crippen molar-refractivity contribution in [3.63, 3.8) is 0 Å². The monoisotopic (exact) mass is 345 g/mol. The first-order valence-corrected chi connectivity index (χ1v) is 7.18. The largest absolute Gasteiger partial charge is 0.480 e. The maximum absolute atomic E-state index is 12.0. The summed E-state index contributed by atoms with van der Waals surface area (Å²) in [7, 11) is 0. The first-order chi connectivity index (χ1) is 11.0. The fourth-order valence-electron chi connectivity index (χ4n) is 1.55. The van der Waals surface area contributed by atoms with Crippen LogP contribution in [0.3, 0.4) is 0 Å². The van der Waals surface area contributed by atoms with Crippen LogP contribution in [0.25, 0.3) is 0 Å². The van der Waals surface area contributed by atoms with E-state index in [2.05, 4.69) is 16.0 Å². The second-order valence-electron chi connectivity index (χ2n) is 5.20. The Kier molecular flexibility index (Phi) is 9.02. The van der Waals surface area contributed by atoms with Crippen molar-refractivity contribution >= 4 is 29.6 Å². The van der Waals surface area contributed by atoms with Crippen molar-refractivity contribution in [2.24, 2.45) is 11.5 Å². The van der Waals surface area contributed by atoms with Gasteiger partial charge in [0.15, 0.2) is 0 Å². The molecule has 0 radical (unpaired) electrons. The van der Waals surface area contributed by atoms with Crippen molar-refractivity contribution in [1.82, 2.24) is 16.0 Å². The summed E-state index contributed by atoms with van der Waals surface area (Å²) < 4.78 is 0. The average Bonchev–Trinajstić information content (AvgIpc) is 2.47. The fraction of sp³-hybridized carbons (Fsp3) is 0.615. The Morgan fingerprint density at radius 2 is 1.58 bits per heavy atom. The Bertz CT molecular complexity index is 507. The van der Waals surface area contributed by atoms with E-state index < -0.39 is 54.3 Å². The van der Waals surface area contributed by atoms with E-state index in [0.29, 0.717) is 0 Å². The van der Waals surface area contributed by atoms with E-state index >= 15 is 0 Å². The molecule has 0 fully saturated rings. The Labute approximate surface area is 138 Å². The lowest BCUT2D eigenvalue weighted by Crippen LogP contribution is -2.54. The van der Waals surface area contributed by atoms with E-state index in [1.54, 1.807) is 0 Å². The smallest absolute Gasteiger partial charge is 0.322 e. The molecule has 0 spiro atoms. The molecule has 0 heterocycles. The summed E-state index contributed by atoms with van der Waals surface area (Å²) in [5.41, 5.74) is 10.4. The molecule has 136 valence electrons. The first-order valence-electron chi connectivity index (χ1n) is 7.18. The van der Waals surface area contributed by atoms with Crippen LogP contribution in [0.2, 0.25) is 0 Å². The highest BCUT2D eigenvalue weighted by molar-refractivity contribution is 5.93. The predicted molar refractivity (Wildman–Crippen MR) is 82.3 cm³/mol. The van der Waals surface area contributed by atoms with Crippen molar-refractivity contribution < 1.29 is 29.1 Å². The predicted octanol–water partition coefficient (Wildman–Crippen LogP) is -3.21. The number of hydrogen-bond donors (Lipinski definition) is 6. The van der Waals surface area contributed by atoms with Crippen LogP contribution in [-0.2, 0) is 24.0 Å². The number of nitrogens with two attached hydrogens (primary N) is 2. The van der Waals surface area contributed by atoms with Gasteiger partial charge in [0.25, 0.3) is 0 Å². The highest BCUT2D eigenvalue weighted by Gasteiger charge is 2.25. The van der Waals surface area contributed by atoms with Crippen LogP contribution in [-0.4, -0.2) is 59.4 Å². The molecule has 3 atom stereocenters. The number of nitrogens with one attached hydrogen (secondary N) is 3. The maximum Gasteiger partial charge on any atom is 0.322 e. The van der Waals surface area contributed by atoms with Crippen LogP contribution < -0.4 is 27.4 Å². The molecule has 0 bridgehead atoms. The summed E-state index contributed by atoms with van der Waals surface area (Å²) in [4.78, 5) is 56.7. The van der Waals surface area contributed by atoms with Crippen molar-refractivity contribution in [3.05, 3.63) is 0 Å². The molecule has 0 saturated carbocycles. The van der Waals surface area contributed by atoms with Gasteiger partial charge in [0.2, 0.25) is 23.6 Å². The van der Waals surface area contributed by atoms with E-state index in [4.69, 9.17) is 16.6 Å². The van der Waals surface area contributed by atoms with Gasteiger partial charge in [0.05, 0.1) is 6.04 Å². The minimum Gasteiger partial charge on any atom is -0.480 e. The van der Waals surface area contributed by atoms with Crippen LogP contribution >= 0.6 is 0 Å². The lowest BCUT2D eigenvalue weighted by atomic mass is 10.1. The number of rotatable bonds is 10. The van der Waals surface area contributed by atoms with E-state index in [1.165, 1.54) is 13.8 Å². The molecule has 0 aromatic rings. The quantitative estimate of drug-likeness (QED) is 0.240. The van der Waals surface area contributed by atoms with Gasteiger partial charge in [-0.3, -0.25) is 24.0 Å². The zero-order valence-corrected chi connectivity index (χ0v) is 13.5. The standard InChI is InChI=1S/C13H23N5O6/c1-6(14)11(22)17-7(2)12(23)18-8(3-4-9(15)19)13(24)16-5-10(20)21/h6-8H,3-5,14H2,1-2H3,(H2,15,19)(H,16,24)(H,17,22)(H,18,23)(H,20,21). The van der Waals surface area contributed by atoms with E-state index in [9.17, 15) is 24.0 Å². The normalized spacial score (nSPS) is 14.0. The van der Waals surface area contributed by atoms with Crippen LogP contribution in [0.5, 0.6) is 0 Å². The Hall–Kier alpha value is -2.69. The van der Waals surface area contributed by atoms with E-state index in [-0.39, 0.29) is 12.8 Å². The van der Waals surface area contributed by atoms with Crippen LogP contribution in [0.4, 0.5) is 0 Å². The first kappa shape index (κ1) is 21.3. The second kappa shape index (κ2) is 10.2. The minimum atomic E-state index is -1.26. The molecule has 11 nitrogen and oxygen atoms in total. The molecular formula is C13H23N5O6. The van der Waals surface area contributed by atoms with Gasteiger partial charge in [-0.25, -0.2) is 0 Å². The van der Waals surface area contributed by atoms with Crippen molar-refractivity contribution in [3.8, 4) is 0 Å². The molecule has 0 aliphatic rings.